The molecule has 2 aromatic rings. The zero-order chi connectivity index (χ0) is 13.8. The molecule has 1 heterocycles. The Bertz CT molecular complexity index is 520. The number of aromatic nitrogens is 2. The Morgan fingerprint density at radius 2 is 1.90 bits per heavy atom. The molecule has 0 bridgehead atoms. The van der Waals surface area contributed by atoms with Crippen LogP contribution < -0.4 is 5.32 Å². The third-order valence-corrected chi connectivity index (χ3v) is 3.59. The molecule has 20 heavy (non-hydrogen) atoms. The van der Waals surface area contributed by atoms with Crippen LogP contribution in [0.15, 0.2) is 30.5 Å². The molecule has 1 unspecified atom stereocenters. The SMILES string of the molecule is Cc1[nH]ncc1CNC(c1ccc(Cl)cc1)C(C)C.Cl. The van der Waals surface area contributed by atoms with Gasteiger partial charge in [-0.25, -0.2) is 0 Å². The molecule has 2 N–H and O–H groups in total. The smallest absolute Gasteiger partial charge is 0.0535 e. The van der Waals surface area contributed by atoms with Crippen LogP contribution in [0.25, 0.3) is 0 Å². The molecule has 1 aromatic heterocycles. The zero-order valence-electron chi connectivity index (χ0n) is 12.0. The van der Waals surface area contributed by atoms with E-state index in [0.29, 0.717) is 12.0 Å². The predicted molar refractivity (Wildman–Crippen MR) is 86.4 cm³/mol. The summed E-state index contributed by atoms with van der Waals surface area (Å²) in [5.41, 5.74) is 3.59. The maximum atomic E-state index is 5.94. The lowest BCUT2D eigenvalue weighted by molar-refractivity contribution is 0.410. The minimum absolute atomic E-state index is 0. The van der Waals surface area contributed by atoms with E-state index < -0.39 is 0 Å². The molecule has 0 saturated heterocycles. The normalized spacial score (nSPS) is 12.2. The molecular weight excluding hydrogens is 293 g/mol. The number of rotatable bonds is 5. The highest BCUT2D eigenvalue weighted by Gasteiger charge is 2.15. The molecule has 0 spiro atoms. The maximum absolute atomic E-state index is 5.94. The number of aryl methyl sites for hydroxylation is 1. The molecule has 0 aliphatic carbocycles. The molecule has 1 aromatic carbocycles. The summed E-state index contributed by atoms with van der Waals surface area (Å²) in [7, 11) is 0. The molecule has 0 aliphatic rings. The van der Waals surface area contributed by atoms with Crippen LogP contribution in [0.5, 0.6) is 0 Å². The van der Waals surface area contributed by atoms with Crippen LogP contribution in [0.1, 0.15) is 36.7 Å². The van der Waals surface area contributed by atoms with Crippen LogP contribution in [-0.4, -0.2) is 10.2 Å². The van der Waals surface area contributed by atoms with Crippen molar-refractivity contribution in [2.75, 3.05) is 0 Å². The second-order valence-electron chi connectivity index (χ2n) is 5.17. The van der Waals surface area contributed by atoms with E-state index in [4.69, 9.17) is 11.6 Å². The van der Waals surface area contributed by atoms with Gasteiger partial charge in [0, 0.05) is 28.9 Å². The summed E-state index contributed by atoms with van der Waals surface area (Å²) in [5, 5.41) is 11.4. The maximum Gasteiger partial charge on any atom is 0.0535 e. The van der Waals surface area contributed by atoms with Crippen LogP contribution in [-0.2, 0) is 6.54 Å². The minimum atomic E-state index is 0. The van der Waals surface area contributed by atoms with Gasteiger partial charge in [-0.05, 0) is 30.5 Å². The van der Waals surface area contributed by atoms with E-state index in [1.165, 1.54) is 11.1 Å². The molecule has 110 valence electrons. The largest absolute Gasteiger partial charge is 0.306 e. The van der Waals surface area contributed by atoms with Crippen molar-refractivity contribution < 1.29 is 0 Å². The van der Waals surface area contributed by atoms with Crippen LogP contribution in [0.3, 0.4) is 0 Å². The molecule has 0 aliphatic heterocycles. The lowest BCUT2D eigenvalue weighted by atomic mass is 9.96. The Morgan fingerprint density at radius 1 is 1.25 bits per heavy atom. The molecule has 0 fully saturated rings. The summed E-state index contributed by atoms with van der Waals surface area (Å²) < 4.78 is 0. The van der Waals surface area contributed by atoms with Crippen molar-refractivity contribution in [3.05, 3.63) is 52.3 Å². The Hall–Kier alpha value is -1.03. The first-order chi connectivity index (χ1) is 9.08. The van der Waals surface area contributed by atoms with E-state index in [9.17, 15) is 0 Å². The highest BCUT2D eigenvalue weighted by Crippen LogP contribution is 2.23. The highest BCUT2D eigenvalue weighted by molar-refractivity contribution is 6.30. The van der Waals surface area contributed by atoms with Gasteiger partial charge in [0.05, 0.1) is 6.20 Å². The van der Waals surface area contributed by atoms with E-state index in [0.717, 1.165) is 17.3 Å². The van der Waals surface area contributed by atoms with E-state index in [-0.39, 0.29) is 12.4 Å². The summed E-state index contributed by atoms with van der Waals surface area (Å²) in [5.74, 6) is 0.508. The van der Waals surface area contributed by atoms with Gasteiger partial charge in [-0.3, -0.25) is 5.10 Å². The number of hydrogen-bond acceptors (Lipinski definition) is 2. The van der Waals surface area contributed by atoms with Crippen LogP contribution in [0.4, 0.5) is 0 Å². The standard InChI is InChI=1S/C15H20ClN3.ClH/c1-10(2)15(12-4-6-14(16)7-5-12)17-8-13-9-18-19-11(13)3;/h4-7,9-10,15,17H,8H2,1-3H3,(H,18,19);1H. The Kier molecular flexibility index (Phi) is 6.53. The van der Waals surface area contributed by atoms with Gasteiger partial charge in [0.2, 0.25) is 0 Å². The number of H-pyrrole nitrogens is 1. The number of halogens is 2. The van der Waals surface area contributed by atoms with Gasteiger partial charge in [-0.15, -0.1) is 12.4 Å². The van der Waals surface area contributed by atoms with Crippen molar-refractivity contribution in [1.29, 1.82) is 0 Å². The van der Waals surface area contributed by atoms with Crippen LogP contribution >= 0.6 is 24.0 Å². The second-order valence-corrected chi connectivity index (χ2v) is 5.61. The quantitative estimate of drug-likeness (QED) is 0.865. The molecular formula is C15H21Cl2N3. The van der Waals surface area contributed by atoms with Crippen molar-refractivity contribution in [3.8, 4) is 0 Å². The molecule has 0 radical (unpaired) electrons. The summed E-state index contributed by atoms with van der Waals surface area (Å²) in [6, 6.07) is 8.37. The summed E-state index contributed by atoms with van der Waals surface area (Å²) >= 11 is 5.94. The van der Waals surface area contributed by atoms with Crippen LogP contribution in [0.2, 0.25) is 5.02 Å². The number of nitrogens with zero attached hydrogens (tertiary/aromatic N) is 1. The number of aromatic amines is 1. The van der Waals surface area contributed by atoms with E-state index >= 15 is 0 Å². The van der Waals surface area contributed by atoms with Crippen molar-refractivity contribution in [1.82, 2.24) is 15.5 Å². The van der Waals surface area contributed by atoms with Gasteiger partial charge in [0.25, 0.3) is 0 Å². The van der Waals surface area contributed by atoms with Crippen molar-refractivity contribution in [3.63, 3.8) is 0 Å². The van der Waals surface area contributed by atoms with E-state index in [2.05, 4.69) is 41.5 Å². The van der Waals surface area contributed by atoms with Crippen molar-refractivity contribution >= 4 is 24.0 Å². The molecule has 2 rings (SSSR count). The first kappa shape index (κ1) is 17.0. The van der Waals surface area contributed by atoms with E-state index in [1.807, 2.05) is 25.3 Å². The number of benzene rings is 1. The fourth-order valence-corrected chi connectivity index (χ4v) is 2.31. The average Bonchev–Trinajstić information content (AvgIpc) is 2.77. The fraction of sp³-hybridized carbons (Fsp3) is 0.400. The first-order valence-corrected chi connectivity index (χ1v) is 6.93. The summed E-state index contributed by atoms with van der Waals surface area (Å²) in [6.45, 7) is 7.29. The number of hydrogen-bond donors (Lipinski definition) is 2. The van der Waals surface area contributed by atoms with Crippen LogP contribution in [0, 0.1) is 12.8 Å². The topological polar surface area (TPSA) is 40.7 Å². The van der Waals surface area contributed by atoms with Gasteiger partial charge in [-0.2, -0.15) is 5.10 Å². The molecule has 5 heteroatoms. The van der Waals surface area contributed by atoms with Gasteiger partial charge < -0.3 is 5.32 Å². The fourth-order valence-electron chi connectivity index (χ4n) is 2.18. The predicted octanol–water partition coefficient (Wildman–Crippen LogP) is 4.28. The third-order valence-electron chi connectivity index (χ3n) is 3.34. The lowest BCUT2D eigenvalue weighted by Crippen LogP contribution is -2.25. The van der Waals surface area contributed by atoms with Gasteiger partial charge >= 0.3 is 0 Å². The number of nitrogens with one attached hydrogen (secondary N) is 2. The summed E-state index contributed by atoms with van der Waals surface area (Å²) in [6.07, 6.45) is 1.88. The Morgan fingerprint density at radius 3 is 2.40 bits per heavy atom. The van der Waals surface area contributed by atoms with Gasteiger partial charge in [-0.1, -0.05) is 37.6 Å². The Labute approximate surface area is 131 Å². The molecule has 3 nitrogen and oxygen atoms in total. The van der Waals surface area contributed by atoms with E-state index in [1.54, 1.807) is 0 Å². The van der Waals surface area contributed by atoms with Crippen molar-refractivity contribution in [2.45, 2.75) is 33.4 Å². The lowest BCUT2D eigenvalue weighted by Gasteiger charge is -2.23. The molecule has 1 atom stereocenters. The minimum Gasteiger partial charge on any atom is -0.306 e. The Balaban J connectivity index is 0.00000200. The summed E-state index contributed by atoms with van der Waals surface area (Å²) in [4.78, 5) is 0. The van der Waals surface area contributed by atoms with Gasteiger partial charge in [0.15, 0.2) is 0 Å². The average molecular weight is 314 g/mol. The van der Waals surface area contributed by atoms with Gasteiger partial charge in [0.1, 0.15) is 0 Å². The molecule has 0 amide bonds. The molecule has 0 saturated carbocycles. The van der Waals surface area contributed by atoms with Crippen molar-refractivity contribution in [2.24, 2.45) is 5.92 Å². The third kappa shape index (κ3) is 4.23. The monoisotopic (exact) mass is 313 g/mol. The highest BCUT2D eigenvalue weighted by atomic mass is 35.5. The second kappa shape index (κ2) is 7.67. The first-order valence-electron chi connectivity index (χ1n) is 6.55. The zero-order valence-corrected chi connectivity index (χ0v) is 13.6.